The zero-order valence-electron chi connectivity index (χ0n) is 10.4. The molecule has 0 aromatic heterocycles. The number of nitrogens with zero attached hydrogens (tertiary/aromatic N) is 1. The highest BCUT2D eigenvalue weighted by atomic mass is 16.5. The SMILES string of the molecule is COc1ccc(OCCC(=O)N(C)C)cc1N. The number of ether oxygens (including phenoxy) is 2. The van der Waals surface area contributed by atoms with Crippen LogP contribution in [0, 0.1) is 0 Å². The van der Waals surface area contributed by atoms with Crippen molar-refractivity contribution in [3.63, 3.8) is 0 Å². The number of nitrogen functional groups attached to an aromatic ring is 1. The number of benzene rings is 1. The third-order valence-electron chi connectivity index (χ3n) is 2.28. The van der Waals surface area contributed by atoms with Crippen LogP contribution in [0.4, 0.5) is 5.69 Å². The predicted octanol–water partition coefficient (Wildman–Crippen LogP) is 1.13. The summed E-state index contributed by atoms with van der Waals surface area (Å²) in [6.45, 7) is 0.336. The summed E-state index contributed by atoms with van der Waals surface area (Å²) in [6, 6.07) is 5.17. The summed E-state index contributed by atoms with van der Waals surface area (Å²) in [6.07, 6.45) is 0.346. The Hall–Kier alpha value is -1.91. The average molecular weight is 238 g/mol. The zero-order chi connectivity index (χ0) is 12.8. The van der Waals surface area contributed by atoms with E-state index in [2.05, 4.69) is 0 Å². The molecule has 5 nitrogen and oxygen atoms in total. The topological polar surface area (TPSA) is 64.8 Å². The quantitative estimate of drug-likeness (QED) is 0.781. The largest absolute Gasteiger partial charge is 0.495 e. The van der Waals surface area contributed by atoms with Crippen molar-refractivity contribution in [2.45, 2.75) is 6.42 Å². The zero-order valence-corrected chi connectivity index (χ0v) is 10.4. The van der Waals surface area contributed by atoms with Gasteiger partial charge in [-0.2, -0.15) is 0 Å². The Morgan fingerprint density at radius 3 is 2.65 bits per heavy atom. The Morgan fingerprint density at radius 2 is 2.12 bits per heavy atom. The molecule has 0 aliphatic rings. The second kappa shape index (κ2) is 5.98. The Kier molecular flexibility index (Phi) is 4.63. The highest BCUT2D eigenvalue weighted by molar-refractivity contribution is 5.75. The third-order valence-corrected chi connectivity index (χ3v) is 2.28. The Balaban J connectivity index is 2.47. The number of nitrogens with two attached hydrogens (primary N) is 1. The number of carbonyl (C=O) groups is 1. The normalized spacial score (nSPS) is 9.82. The van der Waals surface area contributed by atoms with Gasteiger partial charge in [0.1, 0.15) is 11.5 Å². The fourth-order valence-electron chi connectivity index (χ4n) is 1.28. The molecule has 0 aliphatic heterocycles. The van der Waals surface area contributed by atoms with E-state index in [0.717, 1.165) is 0 Å². The lowest BCUT2D eigenvalue weighted by atomic mass is 10.3. The van der Waals surface area contributed by atoms with Gasteiger partial charge in [-0.15, -0.1) is 0 Å². The standard InChI is InChI=1S/C12H18N2O3/c1-14(2)12(15)6-7-17-9-4-5-11(16-3)10(13)8-9/h4-5,8H,6-7,13H2,1-3H3. The molecule has 0 radical (unpaired) electrons. The van der Waals surface area contributed by atoms with E-state index in [4.69, 9.17) is 15.2 Å². The molecule has 2 N–H and O–H groups in total. The van der Waals surface area contributed by atoms with Gasteiger partial charge in [-0.3, -0.25) is 4.79 Å². The lowest BCUT2D eigenvalue weighted by Gasteiger charge is -2.11. The second-order valence-corrected chi connectivity index (χ2v) is 3.79. The van der Waals surface area contributed by atoms with Crippen molar-refractivity contribution in [1.29, 1.82) is 0 Å². The van der Waals surface area contributed by atoms with Crippen LogP contribution in [0.5, 0.6) is 11.5 Å². The van der Waals surface area contributed by atoms with E-state index in [0.29, 0.717) is 30.2 Å². The molecule has 0 unspecified atom stereocenters. The molecule has 1 aromatic rings. The minimum atomic E-state index is 0.0338. The monoisotopic (exact) mass is 238 g/mol. The van der Waals surface area contributed by atoms with Gasteiger partial charge in [-0.05, 0) is 12.1 Å². The van der Waals surface area contributed by atoms with Crippen molar-refractivity contribution >= 4 is 11.6 Å². The number of methoxy groups -OCH3 is 1. The van der Waals surface area contributed by atoms with Crippen LogP contribution >= 0.6 is 0 Å². The Morgan fingerprint density at radius 1 is 1.41 bits per heavy atom. The molecule has 0 saturated carbocycles. The first-order valence-electron chi connectivity index (χ1n) is 5.31. The van der Waals surface area contributed by atoms with Gasteiger partial charge in [-0.25, -0.2) is 0 Å². The van der Waals surface area contributed by atoms with Gasteiger partial charge in [0.25, 0.3) is 0 Å². The van der Waals surface area contributed by atoms with Crippen molar-refractivity contribution in [1.82, 2.24) is 4.90 Å². The second-order valence-electron chi connectivity index (χ2n) is 3.79. The van der Waals surface area contributed by atoms with Gasteiger partial charge < -0.3 is 20.1 Å². The van der Waals surface area contributed by atoms with Gasteiger partial charge >= 0.3 is 0 Å². The fraction of sp³-hybridized carbons (Fsp3) is 0.417. The van der Waals surface area contributed by atoms with Crippen molar-refractivity contribution in [3.05, 3.63) is 18.2 Å². The van der Waals surface area contributed by atoms with Crippen LogP contribution in [0.2, 0.25) is 0 Å². The first kappa shape index (κ1) is 13.2. The molecule has 0 saturated heterocycles. The molecular formula is C12H18N2O3. The van der Waals surface area contributed by atoms with Gasteiger partial charge in [0.2, 0.25) is 5.91 Å². The van der Waals surface area contributed by atoms with Crippen LogP contribution in [-0.4, -0.2) is 38.6 Å². The van der Waals surface area contributed by atoms with E-state index >= 15 is 0 Å². The van der Waals surface area contributed by atoms with Gasteiger partial charge in [0, 0.05) is 20.2 Å². The van der Waals surface area contributed by atoms with E-state index < -0.39 is 0 Å². The molecule has 0 heterocycles. The molecule has 0 bridgehead atoms. The minimum absolute atomic E-state index is 0.0338. The summed E-state index contributed by atoms with van der Waals surface area (Å²) in [5.74, 6) is 1.28. The van der Waals surface area contributed by atoms with Gasteiger partial charge in [0.05, 0.1) is 25.8 Å². The van der Waals surface area contributed by atoms with Crippen molar-refractivity contribution in [2.75, 3.05) is 33.5 Å². The summed E-state index contributed by atoms with van der Waals surface area (Å²) in [5.41, 5.74) is 6.25. The molecule has 0 fully saturated rings. The summed E-state index contributed by atoms with van der Waals surface area (Å²) in [7, 11) is 4.99. The molecule has 1 amide bonds. The van der Waals surface area contributed by atoms with E-state index in [9.17, 15) is 4.79 Å². The van der Waals surface area contributed by atoms with Crippen LogP contribution in [-0.2, 0) is 4.79 Å². The number of carbonyl (C=O) groups excluding carboxylic acids is 1. The van der Waals surface area contributed by atoms with E-state index in [1.165, 1.54) is 4.90 Å². The Labute approximate surface area is 101 Å². The molecular weight excluding hydrogens is 220 g/mol. The van der Waals surface area contributed by atoms with Crippen LogP contribution < -0.4 is 15.2 Å². The molecule has 17 heavy (non-hydrogen) atoms. The van der Waals surface area contributed by atoms with Crippen LogP contribution in [0.25, 0.3) is 0 Å². The highest BCUT2D eigenvalue weighted by Gasteiger charge is 2.05. The molecule has 94 valence electrons. The number of hydrogen-bond acceptors (Lipinski definition) is 4. The number of anilines is 1. The summed E-state index contributed by atoms with van der Waals surface area (Å²) >= 11 is 0. The lowest BCUT2D eigenvalue weighted by Crippen LogP contribution is -2.23. The molecule has 0 aliphatic carbocycles. The molecule has 0 spiro atoms. The summed E-state index contributed by atoms with van der Waals surface area (Å²) in [4.78, 5) is 12.8. The van der Waals surface area contributed by atoms with Crippen molar-refractivity contribution in [2.24, 2.45) is 0 Å². The minimum Gasteiger partial charge on any atom is -0.495 e. The smallest absolute Gasteiger partial charge is 0.225 e. The third kappa shape index (κ3) is 3.86. The summed E-state index contributed by atoms with van der Waals surface area (Å²) in [5, 5.41) is 0. The average Bonchev–Trinajstić information content (AvgIpc) is 2.29. The first-order chi connectivity index (χ1) is 8.04. The first-order valence-corrected chi connectivity index (χ1v) is 5.31. The fourth-order valence-corrected chi connectivity index (χ4v) is 1.28. The molecule has 5 heteroatoms. The lowest BCUT2D eigenvalue weighted by molar-refractivity contribution is -0.129. The highest BCUT2D eigenvalue weighted by Crippen LogP contribution is 2.25. The maximum atomic E-state index is 11.3. The predicted molar refractivity (Wildman–Crippen MR) is 66.2 cm³/mol. The van der Waals surface area contributed by atoms with Crippen LogP contribution in [0.15, 0.2) is 18.2 Å². The van der Waals surface area contributed by atoms with Crippen LogP contribution in [0.1, 0.15) is 6.42 Å². The molecule has 0 atom stereocenters. The maximum absolute atomic E-state index is 11.3. The number of rotatable bonds is 5. The summed E-state index contributed by atoms with van der Waals surface area (Å²) < 4.78 is 10.5. The number of amides is 1. The molecule has 1 rings (SSSR count). The molecule has 1 aromatic carbocycles. The van der Waals surface area contributed by atoms with Crippen molar-refractivity contribution in [3.8, 4) is 11.5 Å². The van der Waals surface area contributed by atoms with E-state index in [-0.39, 0.29) is 5.91 Å². The van der Waals surface area contributed by atoms with Gasteiger partial charge in [-0.1, -0.05) is 0 Å². The van der Waals surface area contributed by atoms with E-state index in [1.54, 1.807) is 39.4 Å². The van der Waals surface area contributed by atoms with Crippen LogP contribution in [0.3, 0.4) is 0 Å². The maximum Gasteiger partial charge on any atom is 0.225 e. The van der Waals surface area contributed by atoms with Gasteiger partial charge in [0.15, 0.2) is 0 Å². The Bertz CT molecular complexity index is 391. The van der Waals surface area contributed by atoms with Crippen molar-refractivity contribution < 1.29 is 14.3 Å². The number of hydrogen-bond donors (Lipinski definition) is 1. The van der Waals surface area contributed by atoms with E-state index in [1.807, 2.05) is 0 Å².